The maximum absolute atomic E-state index is 11.8. The van der Waals surface area contributed by atoms with Gasteiger partial charge in [0.05, 0.1) is 10.6 Å². The average molecular weight is 294 g/mol. The van der Waals surface area contributed by atoms with Crippen molar-refractivity contribution >= 4 is 17.7 Å². The van der Waals surface area contributed by atoms with E-state index in [1.807, 2.05) is 18.2 Å². The molecule has 1 aromatic heterocycles. The first-order chi connectivity index (χ1) is 9.68. The number of nitrogens with zero attached hydrogens (tertiary/aromatic N) is 1. The molecule has 0 bridgehead atoms. The van der Waals surface area contributed by atoms with E-state index in [2.05, 4.69) is 10.3 Å². The lowest BCUT2D eigenvalue weighted by Gasteiger charge is -2.32. The second kappa shape index (κ2) is 7.64. The minimum Gasteiger partial charge on any atom is -0.388 e. The van der Waals surface area contributed by atoms with Crippen LogP contribution in [0.3, 0.4) is 0 Å². The summed E-state index contributed by atoms with van der Waals surface area (Å²) < 4.78 is 0. The second-order valence-corrected chi connectivity index (χ2v) is 6.44. The molecular formula is C15H22N2O2S. The van der Waals surface area contributed by atoms with Gasteiger partial charge in [-0.3, -0.25) is 4.79 Å². The van der Waals surface area contributed by atoms with E-state index in [0.717, 1.165) is 30.7 Å². The summed E-state index contributed by atoms with van der Waals surface area (Å²) in [7, 11) is 0. The number of aliphatic hydroxyl groups is 1. The molecule has 5 heteroatoms. The van der Waals surface area contributed by atoms with Gasteiger partial charge in [0.1, 0.15) is 0 Å². The summed E-state index contributed by atoms with van der Waals surface area (Å²) in [6.07, 6.45) is 7.12. The lowest BCUT2D eigenvalue weighted by atomic mass is 9.85. The summed E-state index contributed by atoms with van der Waals surface area (Å²) in [6, 6.07) is 5.75. The van der Waals surface area contributed by atoms with Crippen LogP contribution < -0.4 is 5.32 Å². The summed E-state index contributed by atoms with van der Waals surface area (Å²) in [6.45, 7) is 0.389. The Morgan fingerprint density at radius 1 is 1.35 bits per heavy atom. The van der Waals surface area contributed by atoms with Crippen LogP contribution in [0.2, 0.25) is 0 Å². The molecule has 1 amide bonds. The van der Waals surface area contributed by atoms with E-state index >= 15 is 0 Å². The fourth-order valence-corrected chi connectivity index (χ4v) is 3.23. The molecule has 0 radical (unpaired) electrons. The maximum atomic E-state index is 11.8. The highest BCUT2D eigenvalue weighted by atomic mass is 32.2. The lowest BCUT2D eigenvalue weighted by Crippen LogP contribution is -2.44. The van der Waals surface area contributed by atoms with Gasteiger partial charge in [0.2, 0.25) is 5.91 Å². The van der Waals surface area contributed by atoms with Gasteiger partial charge in [-0.2, -0.15) is 0 Å². The van der Waals surface area contributed by atoms with Crippen molar-refractivity contribution in [2.45, 2.75) is 49.2 Å². The highest BCUT2D eigenvalue weighted by Gasteiger charge is 2.29. The van der Waals surface area contributed by atoms with Crippen LogP contribution >= 0.6 is 11.8 Å². The number of pyridine rings is 1. The summed E-state index contributed by atoms with van der Waals surface area (Å²) in [5, 5.41) is 14.1. The highest BCUT2D eigenvalue weighted by molar-refractivity contribution is 7.99. The third-order valence-electron chi connectivity index (χ3n) is 3.62. The Kier molecular flexibility index (Phi) is 5.86. The van der Waals surface area contributed by atoms with Gasteiger partial charge in [0.25, 0.3) is 0 Å². The molecule has 20 heavy (non-hydrogen) atoms. The van der Waals surface area contributed by atoms with Crippen molar-refractivity contribution in [3.05, 3.63) is 24.4 Å². The zero-order chi connectivity index (χ0) is 14.3. The monoisotopic (exact) mass is 294 g/mol. The van der Waals surface area contributed by atoms with Crippen molar-refractivity contribution < 1.29 is 9.90 Å². The van der Waals surface area contributed by atoms with Gasteiger partial charge < -0.3 is 10.4 Å². The SMILES string of the molecule is O=C(CCSc1ccccn1)NCC1(O)CCCCC1. The van der Waals surface area contributed by atoms with E-state index in [-0.39, 0.29) is 5.91 Å². The van der Waals surface area contributed by atoms with Crippen molar-refractivity contribution in [2.75, 3.05) is 12.3 Å². The molecule has 1 fully saturated rings. The summed E-state index contributed by atoms with van der Waals surface area (Å²) in [5.74, 6) is 0.716. The lowest BCUT2D eigenvalue weighted by molar-refractivity contribution is -0.122. The van der Waals surface area contributed by atoms with Crippen LogP contribution in [0.1, 0.15) is 38.5 Å². The second-order valence-electron chi connectivity index (χ2n) is 5.33. The fourth-order valence-electron chi connectivity index (χ4n) is 2.42. The molecule has 0 atom stereocenters. The first-order valence-corrected chi connectivity index (χ1v) is 8.19. The quantitative estimate of drug-likeness (QED) is 0.791. The first kappa shape index (κ1) is 15.3. The van der Waals surface area contributed by atoms with Crippen LogP contribution in [-0.4, -0.2) is 33.9 Å². The Hall–Kier alpha value is -1.07. The van der Waals surface area contributed by atoms with Gasteiger partial charge in [-0.1, -0.05) is 25.3 Å². The number of rotatable bonds is 6. The van der Waals surface area contributed by atoms with E-state index in [9.17, 15) is 9.90 Å². The Morgan fingerprint density at radius 3 is 2.85 bits per heavy atom. The molecule has 2 N–H and O–H groups in total. The Morgan fingerprint density at radius 2 is 2.15 bits per heavy atom. The number of nitrogens with one attached hydrogen (secondary N) is 1. The molecule has 110 valence electrons. The van der Waals surface area contributed by atoms with Crippen molar-refractivity contribution in [2.24, 2.45) is 0 Å². The van der Waals surface area contributed by atoms with Crippen molar-refractivity contribution in [3.63, 3.8) is 0 Å². The third-order valence-corrected chi connectivity index (χ3v) is 4.56. The molecule has 1 saturated carbocycles. The number of amides is 1. The summed E-state index contributed by atoms with van der Waals surface area (Å²) in [5.41, 5.74) is -0.679. The van der Waals surface area contributed by atoms with Crippen LogP contribution in [0.4, 0.5) is 0 Å². The topological polar surface area (TPSA) is 62.2 Å². The molecule has 2 rings (SSSR count). The normalized spacial score (nSPS) is 17.6. The van der Waals surface area contributed by atoms with Crippen molar-refractivity contribution in [1.29, 1.82) is 0 Å². The number of thioether (sulfide) groups is 1. The number of aromatic nitrogens is 1. The maximum Gasteiger partial charge on any atom is 0.220 e. The fraction of sp³-hybridized carbons (Fsp3) is 0.600. The molecule has 1 aliphatic carbocycles. The van der Waals surface area contributed by atoms with Gasteiger partial charge in [-0.05, 0) is 25.0 Å². The summed E-state index contributed by atoms with van der Waals surface area (Å²) >= 11 is 1.57. The van der Waals surface area contributed by atoms with Crippen LogP contribution in [0.15, 0.2) is 29.4 Å². The zero-order valence-electron chi connectivity index (χ0n) is 11.7. The predicted molar refractivity (Wildman–Crippen MR) is 80.6 cm³/mol. The van der Waals surface area contributed by atoms with Gasteiger partial charge in [-0.25, -0.2) is 4.98 Å². The van der Waals surface area contributed by atoms with Crippen LogP contribution in [-0.2, 0) is 4.79 Å². The van der Waals surface area contributed by atoms with Gasteiger partial charge in [-0.15, -0.1) is 11.8 Å². The third kappa shape index (κ3) is 5.13. The van der Waals surface area contributed by atoms with Crippen LogP contribution in [0, 0.1) is 0 Å². The van der Waals surface area contributed by atoms with E-state index in [0.29, 0.717) is 18.7 Å². The molecule has 0 aliphatic heterocycles. The Balaban J connectivity index is 1.63. The standard InChI is InChI=1S/C15H22N2O2S/c18-13(7-11-20-14-6-2-5-10-16-14)17-12-15(19)8-3-1-4-9-15/h2,5-6,10,19H,1,3-4,7-9,11-12H2,(H,17,18). The molecule has 0 unspecified atom stereocenters. The average Bonchev–Trinajstić information content (AvgIpc) is 2.47. The molecular weight excluding hydrogens is 272 g/mol. The number of carbonyl (C=O) groups excluding carboxylic acids is 1. The predicted octanol–water partition coefficient (Wildman–Crippen LogP) is 2.38. The van der Waals surface area contributed by atoms with Gasteiger partial charge >= 0.3 is 0 Å². The van der Waals surface area contributed by atoms with Crippen molar-refractivity contribution in [3.8, 4) is 0 Å². The van der Waals surface area contributed by atoms with Gasteiger partial charge in [0, 0.05) is 24.9 Å². The van der Waals surface area contributed by atoms with Crippen LogP contribution in [0.25, 0.3) is 0 Å². The summed E-state index contributed by atoms with van der Waals surface area (Å²) in [4.78, 5) is 16.0. The first-order valence-electron chi connectivity index (χ1n) is 7.21. The minimum atomic E-state index is -0.679. The molecule has 0 spiro atoms. The molecule has 1 aliphatic rings. The molecule has 0 aromatic carbocycles. The number of hydrogen-bond donors (Lipinski definition) is 2. The van der Waals surface area contributed by atoms with Crippen LogP contribution in [0.5, 0.6) is 0 Å². The largest absolute Gasteiger partial charge is 0.388 e. The Labute approximate surface area is 124 Å². The van der Waals surface area contributed by atoms with Crippen molar-refractivity contribution in [1.82, 2.24) is 10.3 Å². The van der Waals surface area contributed by atoms with E-state index in [4.69, 9.17) is 0 Å². The van der Waals surface area contributed by atoms with Gasteiger partial charge in [0.15, 0.2) is 0 Å². The number of hydrogen-bond acceptors (Lipinski definition) is 4. The smallest absolute Gasteiger partial charge is 0.220 e. The van der Waals surface area contributed by atoms with E-state index in [1.54, 1.807) is 18.0 Å². The van der Waals surface area contributed by atoms with E-state index < -0.39 is 5.60 Å². The molecule has 4 nitrogen and oxygen atoms in total. The minimum absolute atomic E-state index is 0.00688. The molecule has 1 aromatic rings. The molecule has 0 saturated heterocycles. The zero-order valence-corrected chi connectivity index (χ0v) is 12.5. The number of carbonyl (C=O) groups is 1. The Bertz CT molecular complexity index is 419. The highest BCUT2D eigenvalue weighted by Crippen LogP contribution is 2.27. The molecule has 1 heterocycles. The van der Waals surface area contributed by atoms with E-state index in [1.165, 1.54) is 6.42 Å².